The third kappa shape index (κ3) is 6.65. The lowest BCUT2D eigenvalue weighted by Gasteiger charge is -2.36. The maximum absolute atomic E-state index is 6.10. The number of halogens is 1. The van der Waals surface area contributed by atoms with Crippen molar-refractivity contribution in [3.63, 3.8) is 0 Å². The minimum atomic E-state index is 0. The van der Waals surface area contributed by atoms with Crippen molar-refractivity contribution in [1.82, 2.24) is 25.2 Å². The first-order valence-corrected chi connectivity index (χ1v) is 10.9. The van der Waals surface area contributed by atoms with Crippen molar-refractivity contribution in [3.8, 4) is 5.88 Å². The highest BCUT2D eigenvalue weighted by Gasteiger charge is 2.21. The molecule has 0 atom stereocenters. The number of pyridine rings is 1. The molecule has 0 amide bonds. The highest BCUT2D eigenvalue weighted by molar-refractivity contribution is 14.0. The molecule has 1 saturated heterocycles. The first-order chi connectivity index (χ1) is 14.8. The zero-order valence-electron chi connectivity index (χ0n) is 18.1. The van der Waals surface area contributed by atoms with Gasteiger partial charge in [-0.25, -0.2) is 15.0 Å². The summed E-state index contributed by atoms with van der Waals surface area (Å²) in [6, 6.07) is 5.91. The molecule has 31 heavy (non-hydrogen) atoms. The molecule has 0 bridgehead atoms. The molecule has 0 spiro atoms. The van der Waals surface area contributed by atoms with Crippen molar-refractivity contribution >= 4 is 35.9 Å². The predicted molar refractivity (Wildman–Crippen MR) is 133 cm³/mol. The first-order valence-electron chi connectivity index (χ1n) is 10.9. The minimum absolute atomic E-state index is 0. The second-order valence-corrected chi connectivity index (χ2v) is 7.80. The number of ether oxygens (including phenoxy) is 1. The third-order valence-electron chi connectivity index (χ3n) is 5.72. The molecule has 0 radical (unpaired) electrons. The van der Waals surface area contributed by atoms with Gasteiger partial charge in [0.1, 0.15) is 6.10 Å². The molecule has 3 heterocycles. The number of hydrogen-bond donors (Lipinski definition) is 1. The summed E-state index contributed by atoms with van der Waals surface area (Å²) >= 11 is 0. The van der Waals surface area contributed by atoms with E-state index in [-0.39, 0.29) is 24.0 Å². The summed E-state index contributed by atoms with van der Waals surface area (Å²) in [6.07, 6.45) is 11.8. The number of anilines is 1. The third-order valence-corrected chi connectivity index (χ3v) is 5.72. The molecule has 0 aromatic carbocycles. The van der Waals surface area contributed by atoms with E-state index in [9.17, 15) is 0 Å². The van der Waals surface area contributed by atoms with Crippen molar-refractivity contribution in [3.05, 3.63) is 42.4 Å². The lowest BCUT2D eigenvalue weighted by molar-refractivity contribution is 0.148. The first kappa shape index (κ1) is 23.5. The molecule has 0 unspecified atom stereocenters. The van der Waals surface area contributed by atoms with Gasteiger partial charge in [-0.2, -0.15) is 0 Å². The van der Waals surface area contributed by atoms with Crippen LogP contribution < -0.4 is 15.0 Å². The molecule has 2 aliphatic rings. The van der Waals surface area contributed by atoms with Crippen LogP contribution in [0, 0.1) is 0 Å². The summed E-state index contributed by atoms with van der Waals surface area (Å²) in [6.45, 7) is 4.20. The normalized spacial score (nSPS) is 17.8. The lowest BCUT2D eigenvalue weighted by Crippen LogP contribution is -2.52. The quantitative estimate of drug-likeness (QED) is 0.357. The Hall–Kier alpha value is -2.17. The van der Waals surface area contributed by atoms with E-state index < -0.39 is 0 Å². The van der Waals surface area contributed by atoms with Crippen molar-refractivity contribution in [2.45, 2.75) is 44.8 Å². The van der Waals surface area contributed by atoms with Crippen LogP contribution in [0.25, 0.3) is 0 Å². The molecule has 2 fully saturated rings. The van der Waals surface area contributed by atoms with E-state index in [0.29, 0.717) is 12.6 Å². The van der Waals surface area contributed by atoms with Gasteiger partial charge in [-0.05, 0) is 43.4 Å². The molecule has 9 heteroatoms. The Balaban J connectivity index is 0.00000272. The number of piperazine rings is 1. The lowest BCUT2D eigenvalue weighted by atomic mass is 9.98. The Morgan fingerprint density at radius 2 is 1.81 bits per heavy atom. The number of nitrogens with one attached hydrogen (secondary N) is 1. The van der Waals surface area contributed by atoms with Crippen LogP contribution in [0.5, 0.6) is 5.88 Å². The second-order valence-electron chi connectivity index (χ2n) is 7.80. The zero-order chi connectivity index (χ0) is 20.6. The fraction of sp³-hybridized carbons (Fsp3) is 0.545. The monoisotopic (exact) mass is 537 g/mol. The molecule has 4 rings (SSSR count). The van der Waals surface area contributed by atoms with Gasteiger partial charge in [0, 0.05) is 64.4 Å². The SMILES string of the molecule is CN=C(NCc1ccnc(OC2CCCCC2)c1)N1CCN(c2ncccn2)CC1.I. The van der Waals surface area contributed by atoms with Gasteiger partial charge in [-0.3, -0.25) is 4.99 Å². The standard InChI is InChI=1S/C22H31N7O.HI/c1-23-21(28-12-14-29(15-13-28)22-25-9-5-10-26-22)27-17-18-8-11-24-20(16-18)30-19-6-3-2-4-7-19;/h5,8-11,16,19H,2-4,6-7,12-15,17H2,1H3,(H,23,27);1H. The Kier molecular flexibility index (Phi) is 9.11. The van der Waals surface area contributed by atoms with Crippen LogP contribution >= 0.6 is 24.0 Å². The Labute approximate surface area is 201 Å². The van der Waals surface area contributed by atoms with E-state index in [1.807, 2.05) is 31.4 Å². The van der Waals surface area contributed by atoms with Crippen LogP contribution in [0.3, 0.4) is 0 Å². The number of guanidine groups is 1. The smallest absolute Gasteiger partial charge is 0.225 e. The average molecular weight is 537 g/mol. The average Bonchev–Trinajstić information content (AvgIpc) is 2.81. The highest BCUT2D eigenvalue weighted by atomic mass is 127. The maximum Gasteiger partial charge on any atom is 0.225 e. The van der Waals surface area contributed by atoms with Gasteiger partial charge in [0.15, 0.2) is 5.96 Å². The summed E-state index contributed by atoms with van der Waals surface area (Å²) in [5, 5.41) is 3.48. The van der Waals surface area contributed by atoms with E-state index in [1.165, 1.54) is 19.3 Å². The molecular formula is C22H32IN7O. The summed E-state index contributed by atoms with van der Waals surface area (Å²) in [4.78, 5) is 22.1. The maximum atomic E-state index is 6.10. The highest BCUT2D eigenvalue weighted by Crippen LogP contribution is 2.22. The van der Waals surface area contributed by atoms with E-state index in [4.69, 9.17) is 4.74 Å². The predicted octanol–water partition coefficient (Wildman–Crippen LogP) is 3.10. The molecule has 8 nitrogen and oxygen atoms in total. The number of rotatable bonds is 5. The van der Waals surface area contributed by atoms with Gasteiger partial charge in [0.05, 0.1) is 0 Å². The van der Waals surface area contributed by atoms with Gasteiger partial charge < -0.3 is 19.9 Å². The van der Waals surface area contributed by atoms with E-state index in [0.717, 1.165) is 62.4 Å². The molecule has 1 N–H and O–H groups in total. The molecule has 2 aromatic heterocycles. The van der Waals surface area contributed by atoms with Crippen LogP contribution in [-0.4, -0.2) is 65.1 Å². The van der Waals surface area contributed by atoms with Gasteiger partial charge in [-0.15, -0.1) is 24.0 Å². The summed E-state index contributed by atoms with van der Waals surface area (Å²) in [5.41, 5.74) is 1.15. The van der Waals surface area contributed by atoms with E-state index >= 15 is 0 Å². The Bertz CT molecular complexity index is 822. The summed E-state index contributed by atoms with van der Waals surface area (Å²) < 4.78 is 6.10. The van der Waals surface area contributed by atoms with Crippen molar-refractivity contribution < 1.29 is 4.74 Å². The molecule has 2 aromatic rings. The fourth-order valence-electron chi connectivity index (χ4n) is 4.06. The number of nitrogens with zero attached hydrogens (tertiary/aromatic N) is 6. The van der Waals surface area contributed by atoms with Crippen molar-refractivity contribution in [1.29, 1.82) is 0 Å². The summed E-state index contributed by atoms with van der Waals surface area (Å²) in [5.74, 6) is 2.44. The van der Waals surface area contributed by atoms with Gasteiger partial charge >= 0.3 is 0 Å². The molecule has 1 aliphatic carbocycles. The van der Waals surface area contributed by atoms with E-state index in [1.54, 1.807) is 12.4 Å². The van der Waals surface area contributed by atoms with Gasteiger partial charge in [-0.1, -0.05) is 6.42 Å². The molecule has 1 saturated carbocycles. The van der Waals surface area contributed by atoms with Crippen molar-refractivity contribution in [2.75, 3.05) is 38.1 Å². The molecule has 168 valence electrons. The molecule has 1 aliphatic heterocycles. The van der Waals surface area contributed by atoms with Gasteiger partial charge in [0.25, 0.3) is 0 Å². The van der Waals surface area contributed by atoms with Crippen LogP contribution in [0.2, 0.25) is 0 Å². The fourth-order valence-corrected chi connectivity index (χ4v) is 4.06. The van der Waals surface area contributed by atoms with Crippen LogP contribution in [0.15, 0.2) is 41.8 Å². The van der Waals surface area contributed by atoms with Crippen LogP contribution in [0.4, 0.5) is 5.95 Å². The minimum Gasteiger partial charge on any atom is -0.474 e. The topological polar surface area (TPSA) is 78.8 Å². The summed E-state index contributed by atoms with van der Waals surface area (Å²) in [7, 11) is 1.83. The largest absolute Gasteiger partial charge is 0.474 e. The Morgan fingerprint density at radius 3 is 2.52 bits per heavy atom. The van der Waals surface area contributed by atoms with Crippen LogP contribution in [-0.2, 0) is 6.54 Å². The number of aromatic nitrogens is 3. The number of hydrogen-bond acceptors (Lipinski definition) is 6. The van der Waals surface area contributed by atoms with Gasteiger partial charge in [0.2, 0.25) is 11.8 Å². The second kappa shape index (κ2) is 12.0. The Morgan fingerprint density at radius 1 is 1.06 bits per heavy atom. The molecular weight excluding hydrogens is 505 g/mol. The van der Waals surface area contributed by atoms with Crippen molar-refractivity contribution in [2.24, 2.45) is 4.99 Å². The number of aliphatic imine (C=N–C) groups is 1. The van der Waals surface area contributed by atoms with E-state index in [2.05, 4.69) is 35.1 Å². The van der Waals surface area contributed by atoms with Crippen LogP contribution in [0.1, 0.15) is 37.7 Å². The zero-order valence-corrected chi connectivity index (χ0v) is 20.4.